The molecule has 0 saturated carbocycles. The number of hydrogen-bond donors (Lipinski definition) is 0. The standard InChI is InChI=1S/C26H40N4O5Si/c1-26(2,3)35-25(31)29-10-7-19(8-11-29)21-16-30(18-33-13-14-36(4,5)6)24-23(21)28-22(15-27-24)34-20-9-12-32-17-20/h7,15-16,20H,8-14,17-18H2,1-6H3/t20-/m1/s1. The molecule has 9 nitrogen and oxygen atoms in total. The molecular formula is C26H40N4O5Si. The summed E-state index contributed by atoms with van der Waals surface area (Å²) in [5, 5.41) is 0. The van der Waals surface area contributed by atoms with Crippen LogP contribution in [0.3, 0.4) is 0 Å². The van der Waals surface area contributed by atoms with Gasteiger partial charge in [0, 0.05) is 46.0 Å². The van der Waals surface area contributed by atoms with Crippen molar-refractivity contribution in [3.8, 4) is 5.88 Å². The molecular weight excluding hydrogens is 476 g/mol. The molecule has 0 unspecified atom stereocenters. The molecule has 2 aromatic rings. The quantitative estimate of drug-likeness (QED) is 0.363. The topological polar surface area (TPSA) is 87.9 Å². The Morgan fingerprint density at radius 3 is 2.72 bits per heavy atom. The predicted octanol–water partition coefficient (Wildman–Crippen LogP) is 4.94. The number of rotatable bonds is 8. The molecule has 4 heterocycles. The van der Waals surface area contributed by atoms with Gasteiger partial charge >= 0.3 is 6.09 Å². The Labute approximate surface area is 214 Å². The lowest BCUT2D eigenvalue weighted by Gasteiger charge is -2.29. The number of hydrogen-bond acceptors (Lipinski definition) is 7. The van der Waals surface area contributed by atoms with Gasteiger partial charge in [-0.3, -0.25) is 0 Å². The Hall–Kier alpha value is -2.43. The van der Waals surface area contributed by atoms with E-state index in [4.69, 9.17) is 28.9 Å². The van der Waals surface area contributed by atoms with Gasteiger partial charge < -0.3 is 28.4 Å². The third kappa shape index (κ3) is 7.07. The van der Waals surface area contributed by atoms with Crippen LogP contribution < -0.4 is 4.74 Å². The Morgan fingerprint density at radius 2 is 2.08 bits per heavy atom. The first-order chi connectivity index (χ1) is 17.0. The molecule has 2 aliphatic rings. The summed E-state index contributed by atoms with van der Waals surface area (Å²) < 4.78 is 25.1. The van der Waals surface area contributed by atoms with Gasteiger partial charge in [-0.15, -0.1) is 0 Å². The molecule has 0 spiro atoms. The van der Waals surface area contributed by atoms with Crippen LogP contribution in [0, 0.1) is 0 Å². The molecule has 4 rings (SSSR count). The van der Waals surface area contributed by atoms with E-state index in [0.29, 0.717) is 45.3 Å². The molecule has 1 atom stereocenters. The number of aromatic nitrogens is 3. The van der Waals surface area contributed by atoms with Crippen molar-refractivity contribution in [1.82, 2.24) is 19.4 Å². The van der Waals surface area contributed by atoms with Gasteiger partial charge in [0.15, 0.2) is 5.65 Å². The lowest BCUT2D eigenvalue weighted by molar-refractivity contribution is 0.0270. The monoisotopic (exact) mass is 516 g/mol. The van der Waals surface area contributed by atoms with Crippen LogP contribution in [0.5, 0.6) is 5.88 Å². The third-order valence-corrected chi connectivity index (χ3v) is 7.86. The minimum Gasteiger partial charge on any atom is -0.471 e. The number of carbonyl (C=O) groups is 1. The van der Waals surface area contributed by atoms with Crippen molar-refractivity contribution >= 4 is 30.9 Å². The van der Waals surface area contributed by atoms with Crippen LogP contribution in [0.4, 0.5) is 4.79 Å². The lowest BCUT2D eigenvalue weighted by atomic mass is 10.0. The van der Waals surface area contributed by atoms with Gasteiger partial charge in [0.25, 0.3) is 0 Å². The Bertz CT molecular complexity index is 1100. The van der Waals surface area contributed by atoms with E-state index in [-0.39, 0.29) is 12.2 Å². The molecule has 36 heavy (non-hydrogen) atoms. The van der Waals surface area contributed by atoms with E-state index < -0.39 is 13.7 Å². The van der Waals surface area contributed by atoms with Crippen molar-refractivity contribution in [2.75, 3.05) is 32.9 Å². The third-order valence-electron chi connectivity index (χ3n) is 6.15. The number of fused-ring (bicyclic) bond motifs is 1. The van der Waals surface area contributed by atoms with Crippen LogP contribution in [0.15, 0.2) is 18.5 Å². The van der Waals surface area contributed by atoms with Crippen molar-refractivity contribution in [3.05, 3.63) is 24.0 Å². The molecule has 0 aliphatic carbocycles. The summed E-state index contributed by atoms with van der Waals surface area (Å²) in [4.78, 5) is 23.8. The molecule has 0 bridgehead atoms. The largest absolute Gasteiger partial charge is 0.471 e. The fourth-order valence-electron chi connectivity index (χ4n) is 4.15. The highest BCUT2D eigenvalue weighted by atomic mass is 28.3. The van der Waals surface area contributed by atoms with E-state index in [2.05, 4.69) is 31.9 Å². The van der Waals surface area contributed by atoms with Gasteiger partial charge in [-0.25, -0.2) is 14.8 Å². The Balaban J connectivity index is 1.56. The molecule has 2 aromatic heterocycles. The zero-order chi connectivity index (χ0) is 25.9. The van der Waals surface area contributed by atoms with Crippen molar-refractivity contribution in [2.45, 2.75) is 77.7 Å². The number of ether oxygens (including phenoxy) is 4. The summed E-state index contributed by atoms with van der Waals surface area (Å²) in [6, 6.07) is 1.11. The molecule has 0 aromatic carbocycles. The summed E-state index contributed by atoms with van der Waals surface area (Å²) in [6.45, 7) is 16.2. The van der Waals surface area contributed by atoms with Crippen molar-refractivity contribution in [1.29, 1.82) is 0 Å². The molecule has 10 heteroatoms. The second-order valence-electron chi connectivity index (χ2n) is 11.8. The van der Waals surface area contributed by atoms with E-state index in [0.717, 1.165) is 41.4 Å². The maximum absolute atomic E-state index is 12.5. The van der Waals surface area contributed by atoms with Gasteiger partial charge in [-0.05, 0) is 38.8 Å². The summed E-state index contributed by atoms with van der Waals surface area (Å²) >= 11 is 0. The van der Waals surface area contributed by atoms with E-state index in [1.54, 1.807) is 11.1 Å². The number of amides is 1. The highest BCUT2D eigenvalue weighted by Gasteiger charge is 2.26. The maximum atomic E-state index is 12.5. The molecule has 0 radical (unpaired) electrons. The number of carbonyl (C=O) groups excluding carboxylic acids is 1. The van der Waals surface area contributed by atoms with Crippen molar-refractivity contribution < 1.29 is 23.7 Å². The first kappa shape index (κ1) is 26.6. The normalized spacial score (nSPS) is 19.0. The van der Waals surface area contributed by atoms with Gasteiger partial charge in [0.1, 0.15) is 24.0 Å². The highest BCUT2D eigenvalue weighted by Crippen LogP contribution is 2.31. The Morgan fingerprint density at radius 1 is 1.28 bits per heavy atom. The SMILES string of the molecule is CC(C)(C)OC(=O)N1CC=C(c2cn(COCC[Si](C)(C)C)c3ncc(O[C@@H]4CCOC4)nc23)CC1. The van der Waals surface area contributed by atoms with Crippen LogP contribution in [-0.2, 0) is 20.9 Å². The van der Waals surface area contributed by atoms with Gasteiger partial charge in [0.2, 0.25) is 5.88 Å². The summed E-state index contributed by atoms with van der Waals surface area (Å²) in [5.74, 6) is 0.503. The van der Waals surface area contributed by atoms with E-state index in [1.165, 1.54) is 0 Å². The maximum Gasteiger partial charge on any atom is 0.410 e. The van der Waals surface area contributed by atoms with Crippen LogP contribution >= 0.6 is 0 Å². The van der Waals surface area contributed by atoms with E-state index in [1.807, 2.05) is 25.3 Å². The van der Waals surface area contributed by atoms with Gasteiger partial charge in [0.05, 0.1) is 19.4 Å². The summed E-state index contributed by atoms with van der Waals surface area (Å²) in [7, 11) is -1.17. The Kier molecular flexibility index (Phi) is 8.06. The predicted molar refractivity (Wildman–Crippen MR) is 142 cm³/mol. The molecule has 198 valence electrons. The number of nitrogens with zero attached hydrogens (tertiary/aromatic N) is 4. The fourth-order valence-corrected chi connectivity index (χ4v) is 4.91. The highest BCUT2D eigenvalue weighted by molar-refractivity contribution is 6.76. The lowest BCUT2D eigenvalue weighted by Crippen LogP contribution is -2.39. The summed E-state index contributed by atoms with van der Waals surface area (Å²) in [5.41, 5.74) is 3.18. The molecule has 1 amide bonds. The van der Waals surface area contributed by atoms with Crippen LogP contribution in [0.2, 0.25) is 25.7 Å². The van der Waals surface area contributed by atoms with Crippen molar-refractivity contribution in [3.63, 3.8) is 0 Å². The smallest absolute Gasteiger partial charge is 0.410 e. The van der Waals surface area contributed by atoms with Crippen LogP contribution in [0.1, 0.15) is 39.2 Å². The van der Waals surface area contributed by atoms with E-state index in [9.17, 15) is 4.79 Å². The zero-order valence-electron chi connectivity index (χ0n) is 22.5. The molecule has 0 N–H and O–H groups in total. The molecule has 2 aliphatic heterocycles. The van der Waals surface area contributed by atoms with Crippen LogP contribution in [-0.4, -0.2) is 78.2 Å². The first-order valence-corrected chi connectivity index (χ1v) is 16.5. The average molecular weight is 517 g/mol. The minimum absolute atomic E-state index is 0.00321. The zero-order valence-corrected chi connectivity index (χ0v) is 23.5. The summed E-state index contributed by atoms with van der Waals surface area (Å²) in [6.07, 6.45) is 7.11. The van der Waals surface area contributed by atoms with Crippen LogP contribution in [0.25, 0.3) is 16.7 Å². The van der Waals surface area contributed by atoms with Crippen molar-refractivity contribution in [2.24, 2.45) is 0 Å². The second-order valence-corrected chi connectivity index (χ2v) is 17.4. The van der Waals surface area contributed by atoms with E-state index >= 15 is 0 Å². The average Bonchev–Trinajstić information content (AvgIpc) is 3.43. The van der Waals surface area contributed by atoms with Gasteiger partial charge in [-0.1, -0.05) is 25.7 Å². The molecule has 1 saturated heterocycles. The molecule has 1 fully saturated rings. The minimum atomic E-state index is -1.17. The van der Waals surface area contributed by atoms with Gasteiger partial charge in [-0.2, -0.15) is 0 Å². The fraction of sp³-hybridized carbons (Fsp3) is 0.654. The first-order valence-electron chi connectivity index (χ1n) is 12.8. The second kappa shape index (κ2) is 10.9.